The molecule has 6 nitrogen and oxygen atoms in total. The Kier molecular flexibility index (Phi) is 3.65. The van der Waals surface area contributed by atoms with Crippen LogP contribution in [0.5, 0.6) is 5.75 Å². The SMILES string of the molecule is CCOc1ccccc1C(=O)Nc1ccc2oc(=O)[nH]c2c1. The van der Waals surface area contributed by atoms with E-state index in [0.717, 1.165) is 0 Å². The van der Waals surface area contributed by atoms with Crippen LogP contribution in [-0.2, 0) is 0 Å². The van der Waals surface area contributed by atoms with Crippen molar-refractivity contribution in [3.8, 4) is 5.75 Å². The molecule has 6 heteroatoms. The predicted molar refractivity (Wildman–Crippen MR) is 82.4 cm³/mol. The summed E-state index contributed by atoms with van der Waals surface area (Å²) in [5.41, 5.74) is 1.98. The van der Waals surface area contributed by atoms with Crippen molar-refractivity contribution in [2.24, 2.45) is 0 Å². The minimum atomic E-state index is -0.528. The molecule has 0 atom stereocenters. The fourth-order valence-electron chi connectivity index (χ4n) is 2.16. The summed E-state index contributed by atoms with van der Waals surface area (Å²) in [7, 11) is 0. The molecule has 1 aromatic heterocycles. The number of aromatic amines is 1. The molecule has 1 amide bonds. The normalized spacial score (nSPS) is 10.6. The lowest BCUT2D eigenvalue weighted by atomic mass is 10.2. The Labute approximate surface area is 125 Å². The van der Waals surface area contributed by atoms with Gasteiger partial charge in [0.1, 0.15) is 5.75 Å². The van der Waals surface area contributed by atoms with E-state index in [2.05, 4.69) is 10.3 Å². The molecule has 0 radical (unpaired) electrons. The van der Waals surface area contributed by atoms with Crippen LogP contribution >= 0.6 is 0 Å². The van der Waals surface area contributed by atoms with E-state index in [1.807, 2.05) is 13.0 Å². The number of carbonyl (C=O) groups is 1. The molecular weight excluding hydrogens is 284 g/mol. The van der Waals surface area contributed by atoms with Gasteiger partial charge in [0, 0.05) is 5.69 Å². The number of carbonyl (C=O) groups excluding carboxylic acids is 1. The third kappa shape index (κ3) is 2.71. The number of anilines is 1. The average molecular weight is 298 g/mol. The molecule has 3 aromatic rings. The number of H-pyrrole nitrogens is 1. The van der Waals surface area contributed by atoms with Crippen molar-refractivity contribution < 1.29 is 13.9 Å². The van der Waals surface area contributed by atoms with Crippen LogP contribution in [0.15, 0.2) is 51.7 Å². The van der Waals surface area contributed by atoms with Crippen molar-refractivity contribution >= 4 is 22.7 Å². The fraction of sp³-hybridized carbons (Fsp3) is 0.125. The van der Waals surface area contributed by atoms with E-state index < -0.39 is 5.76 Å². The maximum atomic E-state index is 12.4. The lowest BCUT2D eigenvalue weighted by Gasteiger charge is -2.10. The van der Waals surface area contributed by atoms with Crippen molar-refractivity contribution in [3.05, 3.63) is 58.6 Å². The van der Waals surface area contributed by atoms with Gasteiger partial charge in [-0.25, -0.2) is 4.79 Å². The molecule has 0 bridgehead atoms. The first kappa shape index (κ1) is 13.9. The molecule has 0 aliphatic heterocycles. The number of benzene rings is 2. The smallest absolute Gasteiger partial charge is 0.417 e. The Balaban J connectivity index is 1.87. The maximum absolute atomic E-state index is 12.4. The number of nitrogens with one attached hydrogen (secondary N) is 2. The first-order valence-corrected chi connectivity index (χ1v) is 6.83. The summed E-state index contributed by atoms with van der Waals surface area (Å²) in [5, 5.41) is 2.78. The van der Waals surface area contributed by atoms with Gasteiger partial charge in [0.25, 0.3) is 5.91 Å². The van der Waals surface area contributed by atoms with Crippen molar-refractivity contribution in [3.63, 3.8) is 0 Å². The van der Waals surface area contributed by atoms with Crippen LogP contribution in [0, 0.1) is 0 Å². The van der Waals surface area contributed by atoms with E-state index in [1.165, 1.54) is 0 Å². The van der Waals surface area contributed by atoms with E-state index in [0.29, 0.717) is 34.7 Å². The molecule has 22 heavy (non-hydrogen) atoms. The van der Waals surface area contributed by atoms with Gasteiger partial charge in [-0.1, -0.05) is 12.1 Å². The molecule has 112 valence electrons. The third-order valence-electron chi connectivity index (χ3n) is 3.11. The molecule has 0 aliphatic carbocycles. The summed E-state index contributed by atoms with van der Waals surface area (Å²) in [6.07, 6.45) is 0. The highest BCUT2D eigenvalue weighted by molar-refractivity contribution is 6.06. The number of para-hydroxylation sites is 1. The van der Waals surface area contributed by atoms with Crippen molar-refractivity contribution in [1.29, 1.82) is 0 Å². The highest BCUT2D eigenvalue weighted by atomic mass is 16.5. The van der Waals surface area contributed by atoms with E-state index in [1.54, 1.807) is 36.4 Å². The molecule has 1 heterocycles. The van der Waals surface area contributed by atoms with Gasteiger partial charge in [-0.05, 0) is 37.3 Å². The third-order valence-corrected chi connectivity index (χ3v) is 3.11. The number of aromatic nitrogens is 1. The van der Waals surface area contributed by atoms with Crippen LogP contribution in [0.1, 0.15) is 17.3 Å². The summed E-state index contributed by atoms with van der Waals surface area (Å²) in [4.78, 5) is 26.0. The van der Waals surface area contributed by atoms with Crippen LogP contribution in [-0.4, -0.2) is 17.5 Å². The highest BCUT2D eigenvalue weighted by Crippen LogP contribution is 2.21. The van der Waals surface area contributed by atoms with Crippen LogP contribution < -0.4 is 15.8 Å². The number of ether oxygens (including phenoxy) is 1. The number of rotatable bonds is 4. The Morgan fingerprint density at radius 3 is 2.91 bits per heavy atom. The fourth-order valence-corrected chi connectivity index (χ4v) is 2.16. The summed E-state index contributed by atoms with van der Waals surface area (Å²) in [6, 6.07) is 11.9. The standard InChI is InChI=1S/C16H14N2O4/c1-2-21-13-6-4-3-5-11(13)15(19)17-10-7-8-14-12(9-10)18-16(20)22-14/h3-9H,2H2,1H3,(H,17,19)(H,18,20). The minimum Gasteiger partial charge on any atom is -0.493 e. The summed E-state index contributed by atoms with van der Waals surface area (Å²) < 4.78 is 10.4. The number of fused-ring (bicyclic) bond motifs is 1. The van der Waals surface area contributed by atoms with Crippen LogP contribution in [0.2, 0.25) is 0 Å². The van der Waals surface area contributed by atoms with E-state index in [4.69, 9.17) is 9.15 Å². The Bertz CT molecular complexity index is 879. The Hall–Kier alpha value is -3.02. The van der Waals surface area contributed by atoms with Crippen molar-refractivity contribution in [1.82, 2.24) is 4.98 Å². The zero-order valence-corrected chi connectivity index (χ0v) is 11.9. The van der Waals surface area contributed by atoms with Gasteiger partial charge in [-0.3, -0.25) is 9.78 Å². The molecular formula is C16H14N2O4. The first-order valence-electron chi connectivity index (χ1n) is 6.83. The minimum absolute atomic E-state index is 0.283. The second kappa shape index (κ2) is 5.77. The second-order valence-corrected chi connectivity index (χ2v) is 4.61. The number of hydrogen-bond donors (Lipinski definition) is 2. The molecule has 0 saturated carbocycles. The van der Waals surface area contributed by atoms with Gasteiger partial charge < -0.3 is 14.5 Å². The van der Waals surface area contributed by atoms with Crippen LogP contribution in [0.25, 0.3) is 11.1 Å². The lowest BCUT2D eigenvalue weighted by Crippen LogP contribution is -2.13. The molecule has 0 aliphatic rings. The Morgan fingerprint density at radius 2 is 2.09 bits per heavy atom. The van der Waals surface area contributed by atoms with Gasteiger partial charge >= 0.3 is 5.76 Å². The predicted octanol–water partition coefficient (Wildman–Crippen LogP) is 2.77. The largest absolute Gasteiger partial charge is 0.493 e. The molecule has 2 N–H and O–H groups in total. The summed E-state index contributed by atoms with van der Waals surface area (Å²) in [5.74, 6) is -0.283. The Morgan fingerprint density at radius 1 is 1.27 bits per heavy atom. The van der Waals surface area contributed by atoms with E-state index in [-0.39, 0.29) is 5.91 Å². The van der Waals surface area contributed by atoms with Crippen molar-refractivity contribution in [2.45, 2.75) is 6.92 Å². The monoisotopic (exact) mass is 298 g/mol. The van der Waals surface area contributed by atoms with Gasteiger partial charge in [0.05, 0.1) is 17.7 Å². The van der Waals surface area contributed by atoms with Gasteiger partial charge in [-0.2, -0.15) is 0 Å². The van der Waals surface area contributed by atoms with Gasteiger partial charge in [0.2, 0.25) is 0 Å². The molecule has 0 spiro atoms. The molecule has 0 saturated heterocycles. The first-order chi connectivity index (χ1) is 10.7. The van der Waals surface area contributed by atoms with Crippen LogP contribution in [0.3, 0.4) is 0 Å². The number of amides is 1. The molecule has 0 unspecified atom stereocenters. The summed E-state index contributed by atoms with van der Waals surface area (Å²) >= 11 is 0. The lowest BCUT2D eigenvalue weighted by molar-refractivity contribution is 0.102. The van der Waals surface area contributed by atoms with Crippen molar-refractivity contribution in [2.75, 3.05) is 11.9 Å². The average Bonchev–Trinajstić information content (AvgIpc) is 2.87. The number of oxazole rings is 1. The van der Waals surface area contributed by atoms with E-state index >= 15 is 0 Å². The zero-order valence-electron chi connectivity index (χ0n) is 11.9. The highest BCUT2D eigenvalue weighted by Gasteiger charge is 2.12. The zero-order chi connectivity index (χ0) is 15.5. The maximum Gasteiger partial charge on any atom is 0.417 e. The second-order valence-electron chi connectivity index (χ2n) is 4.61. The van der Waals surface area contributed by atoms with Crippen LogP contribution in [0.4, 0.5) is 5.69 Å². The number of hydrogen-bond acceptors (Lipinski definition) is 4. The summed E-state index contributed by atoms with van der Waals surface area (Å²) in [6.45, 7) is 2.34. The molecule has 0 fully saturated rings. The quantitative estimate of drug-likeness (QED) is 0.775. The van der Waals surface area contributed by atoms with Gasteiger partial charge in [-0.15, -0.1) is 0 Å². The van der Waals surface area contributed by atoms with Gasteiger partial charge in [0.15, 0.2) is 5.58 Å². The van der Waals surface area contributed by atoms with E-state index in [9.17, 15) is 9.59 Å². The topological polar surface area (TPSA) is 84.3 Å². The molecule has 2 aromatic carbocycles. The molecule has 3 rings (SSSR count).